The normalized spacial score (nSPS) is 13.1. The van der Waals surface area contributed by atoms with Gasteiger partial charge in [-0.05, 0) is 41.8 Å². The van der Waals surface area contributed by atoms with E-state index in [0.29, 0.717) is 36.2 Å². The number of hydrogen-bond donors (Lipinski definition) is 1. The van der Waals surface area contributed by atoms with Crippen LogP contribution >= 0.6 is 0 Å². The molecule has 0 radical (unpaired) electrons. The number of carbonyl (C=O) groups excluding carboxylic acids is 2. The summed E-state index contributed by atoms with van der Waals surface area (Å²) in [4.78, 5) is 24.6. The summed E-state index contributed by atoms with van der Waals surface area (Å²) in [6.45, 7) is 5.39. The van der Waals surface area contributed by atoms with Gasteiger partial charge in [-0.2, -0.15) is 0 Å². The fourth-order valence-electron chi connectivity index (χ4n) is 2.91. The molecule has 0 fully saturated rings. The highest BCUT2D eigenvalue weighted by Gasteiger charge is 2.15. The lowest BCUT2D eigenvalue weighted by Crippen LogP contribution is -2.13. The minimum absolute atomic E-state index is 0.0864. The number of carbonyl (C=O) groups is 2. The van der Waals surface area contributed by atoms with Crippen molar-refractivity contribution in [3.8, 4) is 11.5 Å². The first-order valence-corrected chi connectivity index (χ1v) is 9.35. The van der Waals surface area contributed by atoms with Gasteiger partial charge in [0.1, 0.15) is 0 Å². The van der Waals surface area contributed by atoms with Crippen LogP contribution in [-0.2, 0) is 4.79 Å². The first kappa shape index (κ1) is 19.0. The first-order chi connectivity index (χ1) is 13.0. The van der Waals surface area contributed by atoms with Crippen LogP contribution in [0.5, 0.6) is 11.5 Å². The predicted molar refractivity (Wildman–Crippen MR) is 105 cm³/mol. The molecule has 1 N–H and O–H groups in total. The van der Waals surface area contributed by atoms with Crippen molar-refractivity contribution >= 4 is 17.4 Å². The van der Waals surface area contributed by atoms with Crippen molar-refractivity contribution in [2.45, 2.75) is 39.0 Å². The average Bonchev–Trinajstić information content (AvgIpc) is 2.91. The number of rotatable bonds is 6. The Balaban J connectivity index is 1.56. The van der Waals surface area contributed by atoms with Gasteiger partial charge in [-0.15, -0.1) is 0 Å². The molecule has 1 aliphatic rings. The molecule has 0 aromatic heterocycles. The van der Waals surface area contributed by atoms with Crippen molar-refractivity contribution < 1.29 is 19.1 Å². The van der Waals surface area contributed by atoms with Crippen molar-refractivity contribution in [1.82, 2.24) is 0 Å². The molecule has 0 saturated heterocycles. The molecule has 3 rings (SSSR count). The second kappa shape index (κ2) is 8.71. The minimum atomic E-state index is -0.168. The van der Waals surface area contributed by atoms with Gasteiger partial charge in [0.05, 0.1) is 13.2 Å². The fourth-order valence-corrected chi connectivity index (χ4v) is 2.91. The topological polar surface area (TPSA) is 64.6 Å². The third-order valence-electron chi connectivity index (χ3n) is 4.49. The molecule has 0 bridgehead atoms. The van der Waals surface area contributed by atoms with E-state index in [-0.39, 0.29) is 24.5 Å². The Kier molecular flexibility index (Phi) is 6.12. The number of ether oxygens (including phenoxy) is 2. The Morgan fingerprint density at radius 1 is 1.00 bits per heavy atom. The lowest BCUT2D eigenvalue weighted by atomic mass is 10.0. The van der Waals surface area contributed by atoms with Crippen LogP contribution in [0.4, 0.5) is 5.69 Å². The highest BCUT2D eigenvalue weighted by Crippen LogP contribution is 2.30. The molecule has 2 aromatic rings. The summed E-state index contributed by atoms with van der Waals surface area (Å²) in [5.41, 5.74) is 2.46. The van der Waals surface area contributed by atoms with Gasteiger partial charge >= 0.3 is 0 Å². The Morgan fingerprint density at radius 2 is 1.78 bits per heavy atom. The number of Topliss-reactive ketones (excluding diaryl/α,β-unsaturated/α-hetero) is 1. The summed E-state index contributed by atoms with van der Waals surface area (Å²) in [6, 6.07) is 13.0. The molecule has 5 nitrogen and oxygen atoms in total. The van der Waals surface area contributed by atoms with Crippen molar-refractivity contribution in [2.75, 3.05) is 18.5 Å². The molecule has 0 unspecified atom stereocenters. The van der Waals surface area contributed by atoms with E-state index in [1.54, 1.807) is 18.2 Å². The van der Waals surface area contributed by atoms with E-state index >= 15 is 0 Å². The molecular formula is C22H25NO4. The molecule has 142 valence electrons. The second-order valence-corrected chi connectivity index (χ2v) is 6.96. The molecule has 5 heteroatoms. The van der Waals surface area contributed by atoms with Crippen LogP contribution in [-0.4, -0.2) is 24.9 Å². The number of ketones is 1. The highest BCUT2D eigenvalue weighted by atomic mass is 16.5. The van der Waals surface area contributed by atoms with Crippen LogP contribution in [0, 0.1) is 0 Å². The van der Waals surface area contributed by atoms with E-state index in [1.165, 1.54) is 0 Å². The fraction of sp³-hybridized carbons (Fsp3) is 0.364. The maximum atomic E-state index is 12.4. The number of amides is 1. The lowest BCUT2D eigenvalue weighted by Gasteiger charge is -2.10. The zero-order valence-electron chi connectivity index (χ0n) is 15.8. The van der Waals surface area contributed by atoms with Gasteiger partial charge < -0.3 is 14.8 Å². The number of nitrogens with one attached hydrogen (secondary N) is 1. The molecule has 0 aliphatic carbocycles. The van der Waals surface area contributed by atoms with E-state index in [1.807, 2.05) is 24.3 Å². The first-order valence-electron chi connectivity index (χ1n) is 9.35. The van der Waals surface area contributed by atoms with Gasteiger partial charge in [0.15, 0.2) is 17.3 Å². The predicted octanol–water partition coefficient (Wildman–Crippen LogP) is 4.57. The van der Waals surface area contributed by atoms with Crippen LogP contribution in [0.25, 0.3) is 0 Å². The standard InChI is InChI=1S/C22H25NO4/c1-15(2)16-5-3-6-18(13-16)23-22(25)10-8-19(24)17-7-9-20-21(14-17)27-12-4-11-26-20/h3,5-7,9,13-15H,4,8,10-12H2,1-2H3,(H,23,25). The van der Waals surface area contributed by atoms with E-state index in [9.17, 15) is 9.59 Å². The maximum absolute atomic E-state index is 12.4. The van der Waals surface area contributed by atoms with Crippen LogP contribution in [0.3, 0.4) is 0 Å². The molecule has 0 atom stereocenters. The van der Waals surface area contributed by atoms with Crippen LogP contribution in [0.1, 0.15) is 54.9 Å². The van der Waals surface area contributed by atoms with Crippen LogP contribution in [0.2, 0.25) is 0 Å². The third-order valence-corrected chi connectivity index (χ3v) is 4.49. The molecule has 1 heterocycles. The van der Waals surface area contributed by atoms with Gasteiger partial charge in [0.2, 0.25) is 5.91 Å². The summed E-state index contributed by atoms with van der Waals surface area (Å²) >= 11 is 0. The molecular weight excluding hydrogens is 342 g/mol. The quantitative estimate of drug-likeness (QED) is 0.760. The molecule has 0 spiro atoms. The highest BCUT2D eigenvalue weighted by molar-refractivity contribution is 6.00. The second-order valence-electron chi connectivity index (χ2n) is 6.96. The van der Waals surface area contributed by atoms with Gasteiger partial charge in [0.25, 0.3) is 0 Å². The van der Waals surface area contributed by atoms with Gasteiger partial charge in [-0.25, -0.2) is 0 Å². The average molecular weight is 367 g/mol. The van der Waals surface area contributed by atoms with Crippen LogP contribution in [0.15, 0.2) is 42.5 Å². The summed E-state index contributed by atoms with van der Waals surface area (Å²) in [7, 11) is 0. The molecule has 1 amide bonds. The van der Waals surface area contributed by atoms with Gasteiger partial charge in [0, 0.05) is 30.5 Å². The maximum Gasteiger partial charge on any atom is 0.224 e. The van der Waals surface area contributed by atoms with Crippen molar-refractivity contribution in [2.24, 2.45) is 0 Å². The molecule has 27 heavy (non-hydrogen) atoms. The number of fused-ring (bicyclic) bond motifs is 1. The Morgan fingerprint density at radius 3 is 2.56 bits per heavy atom. The third kappa shape index (κ3) is 5.09. The summed E-state index contributed by atoms with van der Waals surface area (Å²) in [6.07, 6.45) is 1.10. The summed E-state index contributed by atoms with van der Waals surface area (Å²) in [5, 5.41) is 2.87. The van der Waals surface area contributed by atoms with Crippen molar-refractivity contribution in [1.29, 1.82) is 0 Å². The Bertz CT molecular complexity index is 829. The molecule has 0 saturated carbocycles. The van der Waals surface area contributed by atoms with Gasteiger partial charge in [-0.3, -0.25) is 9.59 Å². The minimum Gasteiger partial charge on any atom is -0.490 e. The van der Waals surface area contributed by atoms with Crippen molar-refractivity contribution in [3.05, 3.63) is 53.6 Å². The van der Waals surface area contributed by atoms with E-state index in [0.717, 1.165) is 17.7 Å². The van der Waals surface area contributed by atoms with Gasteiger partial charge in [-0.1, -0.05) is 26.0 Å². The van der Waals surface area contributed by atoms with Crippen molar-refractivity contribution in [3.63, 3.8) is 0 Å². The number of benzene rings is 2. The summed E-state index contributed by atoms with van der Waals surface area (Å²) < 4.78 is 11.2. The van der Waals surface area contributed by atoms with Crippen LogP contribution < -0.4 is 14.8 Å². The Hall–Kier alpha value is -2.82. The molecule has 1 aliphatic heterocycles. The molecule has 2 aromatic carbocycles. The Labute approximate surface area is 159 Å². The zero-order chi connectivity index (χ0) is 19.2. The zero-order valence-corrected chi connectivity index (χ0v) is 15.8. The van der Waals surface area contributed by atoms with E-state index in [2.05, 4.69) is 19.2 Å². The summed E-state index contributed by atoms with van der Waals surface area (Å²) in [5.74, 6) is 1.39. The number of anilines is 1. The smallest absolute Gasteiger partial charge is 0.224 e. The largest absolute Gasteiger partial charge is 0.490 e. The lowest BCUT2D eigenvalue weighted by molar-refractivity contribution is -0.116. The van der Waals surface area contributed by atoms with E-state index in [4.69, 9.17) is 9.47 Å². The number of hydrogen-bond acceptors (Lipinski definition) is 4. The van der Waals surface area contributed by atoms with E-state index < -0.39 is 0 Å². The SMILES string of the molecule is CC(C)c1cccc(NC(=O)CCC(=O)c2ccc3c(c2)OCCCO3)c1. The monoisotopic (exact) mass is 367 g/mol.